The van der Waals surface area contributed by atoms with Gasteiger partial charge in [0.1, 0.15) is 18.2 Å². The summed E-state index contributed by atoms with van der Waals surface area (Å²) >= 11 is 0. The number of hydrogen-bond donors (Lipinski definition) is 1. The van der Waals surface area contributed by atoms with E-state index in [1.807, 2.05) is 60.7 Å². The maximum atomic E-state index is 12.2. The number of fused-ring (bicyclic) bond motifs is 1. The molecular weight excluding hydrogens is 314 g/mol. The zero-order chi connectivity index (χ0) is 17.1. The molecule has 0 aliphatic rings. The van der Waals surface area contributed by atoms with E-state index in [4.69, 9.17) is 4.74 Å². The van der Waals surface area contributed by atoms with Gasteiger partial charge in [-0.2, -0.15) is 0 Å². The Balaban J connectivity index is 1.64. The monoisotopic (exact) mass is 329 g/mol. The van der Waals surface area contributed by atoms with Crippen LogP contribution >= 0.6 is 0 Å². The Kier molecular flexibility index (Phi) is 3.96. The van der Waals surface area contributed by atoms with E-state index in [2.05, 4.69) is 15.0 Å². The molecule has 0 aliphatic heterocycles. The number of benzene rings is 2. The molecule has 0 saturated carbocycles. The van der Waals surface area contributed by atoms with Crippen LogP contribution in [0, 0.1) is 0 Å². The number of aromatic amines is 1. The van der Waals surface area contributed by atoms with Crippen molar-refractivity contribution in [2.75, 3.05) is 0 Å². The number of H-pyrrole nitrogens is 1. The van der Waals surface area contributed by atoms with Gasteiger partial charge in [0, 0.05) is 11.8 Å². The van der Waals surface area contributed by atoms with Gasteiger partial charge in [-0.3, -0.25) is 9.78 Å². The number of nitrogens with zero attached hydrogens (tertiary/aromatic N) is 2. The summed E-state index contributed by atoms with van der Waals surface area (Å²) < 4.78 is 5.79. The summed E-state index contributed by atoms with van der Waals surface area (Å²) in [7, 11) is 0. The summed E-state index contributed by atoms with van der Waals surface area (Å²) in [5.74, 6) is 1.21. The van der Waals surface area contributed by atoms with Crippen molar-refractivity contribution in [2.45, 2.75) is 6.61 Å². The third kappa shape index (κ3) is 3.26. The van der Waals surface area contributed by atoms with Gasteiger partial charge in [0.15, 0.2) is 0 Å². The molecule has 2 aromatic heterocycles. The molecule has 0 aliphatic carbocycles. The van der Waals surface area contributed by atoms with Gasteiger partial charge in [-0.05, 0) is 36.4 Å². The predicted octanol–water partition coefficient (Wildman–Crippen LogP) is 3.56. The van der Waals surface area contributed by atoms with E-state index in [1.165, 1.54) is 0 Å². The highest BCUT2D eigenvalue weighted by Gasteiger charge is 2.07. The Bertz CT molecular complexity index is 1070. The molecule has 4 rings (SSSR count). The number of para-hydroxylation sites is 1. The van der Waals surface area contributed by atoms with Gasteiger partial charge < -0.3 is 9.72 Å². The zero-order valence-corrected chi connectivity index (χ0v) is 13.3. The molecule has 4 aromatic rings. The smallest absolute Gasteiger partial charge is 0.259 e. The fraction of sp³-hybridized carbons (Fsp3) is 0.0500. The highest BCUT2D eigenvalue weighted by molar-refractivity contribution is 5.79. The average Bonchev–Trinajstić information content (AvgIpc) is 2.67. The normalized spacial score (nSPS) is 10.7. The Morgan fingerprint density at radius 3 is 2.72 bits per heavy atom. The second-order valence-corrected chi connectivity index (χ2v) is 5.57. The van der Waals surface area contributed by atoms with Gasteiger partial charge in [-0.1, -0.05) is 30.3 Å². The van der Waals surface area contributed by atoms with Crippen LogP contribution in [-0.2, 0) is 6.61 Å². The topological polar surface area (TPSA) is 67.9 Å². The Morgan fingerprint density at radius 2 is 1.84 bits per heavy atom. The van der Waals surface area contributed by atoms with E-state index in [-0.39, 0.29) is 5.56 Å². The molecule has 0 bridgehead atoms. The number of pyridine rings is 1. The third-order valence-corrected chi connectivity index (χ3v) is 3.83. The molecule has 0 amide bonds. The first kappa shape index (κ1) is 15.1. The lowest BCUT2D eigenvalue weighted by Crippen LogP contribution is -2.09. The Hall–Kier alpha value is -3.47. The molecule has 0 radical (unpaired) electrons. The van der Waals surface area contributed by atoms with Crippen molar-refractivity contribution < 1.29 is 4.74 Å². The highest BCUT2D eigenvalue weighted by atomic mass is 16.5. The lowest BCUT2D eigenvalue weighted by molar-refractivity contribution is 0.301. The minimum atomic E-state index is -0.152. The van der Waals surface area contributed by atoms with E-state index in [9.17, 15) is 4.79 Å². The number of rotatable bonds is 4. The standard InChI is InChI=1S/C20H15N3O2/c24-20-17-9-1-2-10-18(17)22-19(23-20)14-6-5-8-16(12-14)25-13-15-7-3-4-11-21-15/h1-12H,13H2,(H,22,23,24). The van der Waals surface area contributed by atoms with Crippen LogP contribution in [0.3, 0.4) is 0 Å². The van der Waals surface area contributed by atoms with Crippen LogP contribution in [0.25, 0.3) is 22.3 Å². The van der Waals surface area contributed by atoms with Crippen molar-refractivity contribution in [3.05, 3.63) is 89.0 Å². The van der Waals surface area contributed by atoms with Crippen molar-refractivity contribution in [3.63, 3.8) is 0 Å². The van der Waals surface area contributed by atoms with E-state index >= 15 is 0 Å². The van der Waals surface area contributed by atoms with Crippen molar-refractivity contribution >= 4 is 10.9 Å². The van der Waals surface area contributed by atoms with Gasteiger partial charge in [-0.25, -0.2) is 4.98 Å². The highest BCUT2D eigenvalue weighted by Crippen LogP contribution is 2.22. The second kappa shape index (κ2) is 6.57. The Labute approximate surface area is 144 Å². The van der Waals surface area contributed by atoms with Gasteiger partial charge in [0.05, 0.1) is 16.6 Å². The fourth-order valence-corrected chi connectivity index (χ4v) is 2.60. The molecule has 0 unspecified atom stereocenters. The summed E-state index contributed by atoms with van der Waals surface area (Å²) in [6, 6.07) is 20.5. The molecular formula is C20H15N3O2. The van der Waals surface area contributed by atoms with Gasteiger partial charge in [0.2, 0.25) is 0 Å². The van der Waals surface area contributed by atoms with Crippen LogP contribution in [0.15, 0.2) is 77.7 Å². The van der Waals surface area contributed by atoms with Crippen LogP contribution in [0.1, 0.15) is 5.69 Å². The number of aromatic nitrogens is 3. The molecule has 0 spiro atoms. The molecule has 5 heteroatoms. The SMILES string of the molecule is O=c1[nH]c(-c2cccc(OCc3ccccn3)c2)nc2ccccc12. The van der Waals surface area contributed by atoms with Gasteiger partial charge >= 0.3 is 0 Å². The van der Waals surface area contributed by atoms with Crippen LogP contribution in [0.2, 0.25) is 0 Å². The summed E-state index contributed by atoms with van der Waals surface area (Å²) in [5, 5.41) is 0.578. The summed E-state index contributed by atoms with van der Waals surface area (Å²) in [6.45, 7) is 0.381. The Morgan fingerprint density at radius 1 is 0.960 bits per heavy atom. The molecule has 2 heterocycles. The summed E-state index contributed by atoms with van der Waals surface area (Å²) in [6.07, 6.45) is 1.73. The number of ether oxygens (including phenoxy) is 1. The molecule has 1 N–H and O–H groups in total. The average molecular weight is 329 g/mol. The zero-order valence-electron chi connectivity index (χ0n) is 13.3. The lowest BCUT2D eigenvalue weighted by Gasteiger charge is -2.08. The first-order valence-corrected chi connectivity index (χ1v) is 7.92. The van der Waals surface area contributed by atoms with E-state index in [0.29, 0.717) is 29.1 Å². The second-order valence-electron chi connectivity index (χ2n) is 5.57. The first-order chi connectivity index (χ1) is 12.3. The summed E-state index contributed by atoms with van der Waals surface area (Å²) in [4.78, 5) is 23.8. The van der Waals surface area contributed by atoms with Crippen LogP contribution in [-0.4, -0.2) is 15.0 Å². The van der Waals surface area contributed by atoms with Crippen LogP contribution < -0.4 is 10.3 Å². The number of nitrogens with one attached hydrogen (secondary N) is 1. The lowest BCUT2D eigenvalue weighted by atomic mass is 10.2. The maximum absolute atomic E-state index is 12.2. The molecule has 2 aromatic carbocycles. The largest absolute Gasteiger partial charge is 0.487 e. The van der Waals surface area contributed by atoms with Crippen molar-refractivity contribution in [1.29, 1.82) is 0 Å². The minimum Gasteiger partial charge on any atom is -0.487 e. The molecule has 122 valence electrons. The molecule has 0 saturated heterocycles. The van der Waals surface area contributed by atoms with Gasteiger partial charge in [0.25, 0.3) is 5.56 Å². The van der Waals surface area contributed by atoms with Crippen LogP contribution in [0.5, 0.6) is 5.75 Å². The quantitative estimate of drug-likeness (QED) is 0.621. The maximum Gasteiger partial charge on any atom is 0.259 e. The number of hydrogen-bond acceptors (Lipinski definition) is 4. The minimum absolute atomic E-state index is 0.152. The third-order valence-electron chi connectivity index (χ3n) is 3.83. The van der Waals surface area contributed by atoms with E-state index < -0.39 is 0 Å². The fourth-order valence-electron chi connectivity index (χ4n) is 2.60. The van der Waals surface area contributed by atoms with E-state index in [0.717, 1.165) is 11.3 Å². The predicted molar refractivity (Wildman–Crippen MR) is 96.4 cm³/mol. The van der Waals surface area contributed by atoms with Crippen molar-refractivity contribution in [2.24, 2.45) is 0 Å². The molecule has 0 atom stereocenters. The van der Waals surface area contributed by atoms with Gasteiger partial charge in [-0.15, -0.1) is 0 Å². The first-order valence-electron chi connectivity index (χ1n) is 7.92. The molecule has 25 heavy (non-hydrogen) atoms. The van der Waals surface area contributed by atoms with Crippen molar-refractivity contribution in [3.8, 4) is 17.1 Å². The van der Waals surface area contributed by atoms with E-state index in [1.54, 1.807) is 12.3 Å². The summed E-state index contributed by atoms with van der Waals surface area (Å²) in [5.41, 5.74) is 2.16. The molecule has 0 fully saturated rings. The van der Waals surface area contributed by atoms with Crippen LogP contribution in [0.4, 0.5) is 0 Å². The molecule has 5 nitrogen and oxygen atoms in total. The van der Waals surface area contributed by atoms with Crippen molar-refractivity contribution in [1.82, 2.24) is 15.0 Å².